The van der Waals surface area contributed by atoms with E-state index in [9.17, 15) is 0 Å². The van der Waals surface area contributed by atoms with Gasteiger partial charge in [-0.15, -0.1) is 11.3 Å². The third kappa shape index (κ3) is 3.62. The number of hydrogen-bond acceptors (Lipinski definition) is 2. The Balaban J connectivity index is 1.21. The van der Waals surface area contributed by atoms with E-state index in [0.717, 1.165) is 22.5 Å². The average Bonchev–Trinajstić information content (AvgIpc) is 3.88. The topological polar surface area (TPSA) is 27.2 Å². The Bertz CT molecular complexity index is 3010. The van der Waals surface area contributed by atoms with E-state index in [1.165, 1.54) is 69.5 Å². The third-order valence-corrected chi connectivity index (χ3v) is 11.0. The second-order valence-electron chi connectivity index (χ2n) is 12.5. The van der Waals surface area contributed by atoms with Crippen LogP contribution in [0.15, 0.2) is 158 Å². The third-order valence-electron chi connectivity index (χ3n) is 9.82. The van der Waals surface area contributed by atoms with Crippen LogP contribution in [0.5, 0.6) is 0 Å². The molecule has 0 aliphatic carbocycles. The first-order chi connectivity index (χ1) is 23.8. The Morgan fingerprint density at radius 2 is 1.21 bits per heavy atom. The Hall–Kier alpha value is -6.17. The lowest BCUT2D eigenvalue weighted by Gasteiger charge is -2.10. The van der Waals surface area contributed by atoms with Gasteiger partial charge in [0.2, 0.25) is 0 Å². The molecule has 0 saturated heterocycles. The van der Waals surface area contributed by atoms with Crippen LogP contribution in [0.1, 0.15) is 0 Å². The van der Waals surface area contributed by atoms with Crippen molar-refractivity contribution in [2.45, 2.75) is 0 Å². The van der Waals surface area contributed by atoms with Crippen molar-refractivity contribution in [1.29, 1.82) is 0 Å². The lowest BCUT2D eigenvalue weighted by Crippen LogP contribution is -1.95. The number of aromatic nitrogens is 4. The van der Waals surface area contributed by atoms with Gasteiger partial charge in [-0.3, -0.25) is 0 Å². The fourth-order valence-corrected chi connectivity index (χ4v) is 8.93. The van der Waals surface area contributed by atoms with Crippen LogP contribution in [0.25, 0.3) is 91.9 Å². The van der Waals surface area contributed by atoms with Gasteiger partial charge in [0.1, 0.15) is 4.83 Å². The molecule has 11 rings (SSSR count). The number of thiophene rings is 1. The molecule has 0 unspecified atom stereocenters. The number of nitrogens with zero attached hydrogens (tertiary/aromatic N) is 4. The Morgan fingerprint density at radius 1 is 0.479 bits per heavy atom. The number of fused-ring (bicyclic) bond motifs is 10. The summed E-state index contributed by atoms with van der Waals surface area (Å²) in [5.41, 5.74) is 9.09. The molecule has 0 aliphatic heterocycles. The van der Waals surface area contributed by atoms with Crippen LogP contribution in [0.3, 0.4) is 0 Å². The van der Waals surface area contributed by atoms with Gasteiger partial charge < -0.3 is 9.13 Å². The minimum absolute atomic E-state index is 0.963. The first-order valence-corrected chi connectivity index (χ1v) is 17.0. The summed E-state index contributed by atoms with van der Waals surface area (Å²) in [7, 11) is 0. The molecule has 224 valence electrons. The van der Waals surface area contributed by atoms with Gasteiger partial charge in [0.25, 0.3) is 0 Å². The highest BCUT2D eigenvalue weighted by Crippen LogP contribution is 2.45. The molecule has 5 heteroatoms. The second kappa shape index (κ2) is 9.67. The van der Waals surface area contributed by atoms with Crippen molar-refractivity contribution in [2.75, 3.05) is 0 Å². The van der Waals surface area contributed by atoms with Crippen LogP contribution in [-0.4, -0.2) is 18.7 Å². The highest BCUT2D eigenvalue weighted by molar-refractivity contribution is 7.25. The zero-order valence-corrected chi connectivity index (χ0v) is 26.5. The summed E-state index contributed by atoms with van der Waals surface area (Å²) in [4.78, 5) is 1.26. The zero-order chi connectivity index (χ0) is 31.3. The zero-order valence-electron chi connectivity index (χ0n) is 25.7. The van der Waals surface area contributed by atoms with Gasteiger partial charge in [0.15, 0.2) is 0 Å². The van der Waals surface area contributed by atoms with Crippen molar-refractivity contribution >= 4 is 80.6 Å². The van der Waals surface area contributed by atoms with Crippen molar-refractivity contribution in [3.63, 3.8) is 0 Å². The highest BCUT2D eigenvalue weighted by atomic mass is 32.1. The Labute approximate surface area is 278 Å². The number of rotatable bonds is 3. The predicted molar refractivity (Wildman–Crippen MR) is 202 cm³/mol. The second-order valence-corrected chi connectivity index (χ2v) is 13.6. The molecular formula is C43H26N4S. The summed E-state index contributed by atoms with van der Waals surface area (Å²) in [5, 5.41) is 13.8. The molecule has 5 heterocycles. The minimum Gasteiger partial charge on any atom is -0.309 e. The lowest BCUT2D eigenvalue weighted by molar-refractivity contribution is 0.974. The van der Waals surface area contributed by atoms with E-state index in [4.69, 9.17) is 5.10 Å². The van der Waals surface area contributed by atoms with E-state index < -0.39 is 0 Å². The molecule has 0 atom stereocenters. The summed E-state index contributed by atoms with van der Waals surface area (Å²) >= 11 is 1.87. The maximum Gasteiger partial charge on any atom is 0.109 e. The Morgan fingerprint density at radius 3 is 2.12 bits per heavy atom. The molecule has 0 amide bonds. The summed E-state index contributed by atoms with van der Waals surface area (Å²) in [6, 6.07) is 54.9. The highest BCUT2D eigenvalue weighted by Gasteiger charge is 2.21. The van der Waals surface area contributed by atoms with Crippen molar-refractivity contribution in [2.24, 2.45) is 0 Å². The minimum atomic E-state index is 0.963. The number of hydrogen-bond donors (Lipinski definition) is 0. The summed E-state index contributed by atoms with van der Waals surface area (Å²) in [6.07, 6.45) is 2.12. The van der Waals surface area contributed by atoms with E-state index >= 15 is 0 Å². The van der Waals surface area contributed by atoms with Gasteiger partial charge in [-0.1, -0.05) is 91.0 Å². The molecule has 48 heavy (non-hydrogen) atoms. The van der Waals surface area contributed by atoms with Crippen LogP contribution >= 0.6 is 11.3 Å². The fraction of sp³-hybridized carbons (Fsp3) is 0. The van der Waals surface area contributed by atoms with Crippen LogP contribution in [0.2, 0.25) is 0 Å². The molecule has 6 aromatic carbocycles. The smallest absolute Gasteiger partial charge is 0.109 e. The van der Waals surface area contributed by atoms with Crippen LogP contribution in [0, 0.1) is 0 Å². The normalized spacial score (nSPS) is 12.2. The molecule has 0 saturated carbocycles. The first-order valence-electron chi connectivity index (χ1n) is 16.2. The molecule has 0 radical (unpaired) electrons. The van der Waals surface area contributed by atoms with Gasteiger partial charge in [0.05, 0.1) is 27.8 Å². The monoisotopic (exact) mass is 630 g/mol. The average molecular weight is 631 g/mol. The fourth-order valence-electron chi connectivity index (χ4n) is 7.68. The maximum absolute atomic E-state index is 5.03. The molecular weight excluding hydrogens is 605 g/mol. The number of benzene rings is 6. The van der Waals surface area contributed by atoms with Crippen molar-refractivity contribution in [1.82, 2.24) is 18.7 Å². The molecule has 11 aromatic rings. The Kier molecular flexibility index (Phi) is 5.23. The molecule has 5 aromatic heterocycles. The van der Waals surface area contributed by atoms with E-state index in [-0.39, 0.29) is 0 Å². The summed E-state index contributed by atoms with van der Waals surface area (Å²) in [5.74, 6) is 0. The standard InChI is InChI=1S/C43H26N4S/c1-2-14-30(15-3-1)46-38-19-8-6-17-33(38)35-24-40-36(25-39(35)46)42-34-18-7-9-20-41(34)48-43(42)47(40)31-16-10-13-28(22-31)37-23-32-21-27-11-4-5-12-29(27)26-45(32)44-37/h1-26H. The van der Waals surface area contributed by atoms with Gasteiger partial charge in [-0.2, -0.15) is 5.10 Å². The molecule has 0 aliphatic rings. The summed E-state index contributed by atoms with van der Waals surface area (Å²) < 4.78 is 8.18. The van der Waals surface area contributed by atoms with Gasteiger partial charge in [-0.05, 0) is 66.0 Å². The maximum atomic E-state index is 5.03. The summed E-state index contributed by atoms with van der Waals surface area (Å²) in [6.45, 7) is 0. The van der Waals surface area contributed by atoms with Gasteiger partial charge in [-0.25, -0.2) is 4.52 Å². The SMILES string of the molecule is c1ccc(-n2c3ccccc3c3cc4c(cc32)c2c3ccccc3sc2n4-c2cccc(-c3cc4cc5ccccc5cn4n3)c2)cc1. The van der Waals surface area contributed by atoms with Crippen LogP contribution in [-0.2, 0) is 0 Å². The predicted octanol–water partition coefficient (Wildman–Crippen LogP) is 11.6. The number of para-hydroxylation sites is 2. The molecule has 0 N–H and O–H groups in total. The molecule has 0 spiro atoms. The van der Waals surface area contributed by atoms with Gasteiger partial charge in [0, 0.05) is 60.2 Å². The largest absolute Gasteiger partial charge is 0.309 e. The molecule has 4 nitrogen and oxygen atoms in total. The lowest BCUT2D eigenvalue weighted by atomic mass is 10.1. The first kappa shape index (κ1) is 26.0. The van der Waals surface area contributed by atoms with E-state index in [1.54, 1.807) is 0 Å². The van der Waals surface area contributed by atoms with E-state index in [2.05, 4.69) is 167 Å². The van der Waals surface area contributed by atoms with Gasteiger partial charge >= 0.3 is 0 Å². The number of pyridine rings is 1. The van der Waals surface area contributed by atoms with E-state index in [0.29, 0.717) is 0 Å². The van der Waals surface area contributed by atoms with Crippen molar-refractivity contribution in [3.8, 4) is 22.6 Å². The van der Waals surface area contributed by atoms with Crippen LogP contribution < -0.4 is 0 Å². The van der Waals surface area contributed by atoms with Crippen LogP contribution in [0.4, 0.5) is 0 Å². The molecule has 0 fully saturated rings. The molecule has 0 bridgehead atoms. The van der Waals surface area contributed by atoms with Crippen molar-refractivity contribution in [3.05, 3.63) is 158 Å². The van der Waals surface area contributed by atoms with Crippen molar-refractivity contribution < 1.29 is 0 Å². The van der Waals surface area contributed by atoms with E-state index in [1.807, 2.05) is 15.9 Å². The quantitative estimate of drug-likeness (QED) is 0.191.